The van der Waals surface area contributed by atoms with E-state index in [9.17, 15) is 14.0 Å². The van der Waals surface area contributed by atoms with Crippen LogP contribution in [0.1, 0.15) is 20.7 Å². The van der Waals surface area contributed by atoms with Gasteiger partial charge in [0.15, 0.2) is 0 Å². The van der Waals surface area contributed by atoms with E-state index in [-0.39, 0.29) is 17.4 Å². The number of carbonyl (C=O) groups excluding carboxylic acids is 2. The fraction of sp³-hybridized carbons (Fsp3) is 0.250. The summed E-state index contributed by atoms with van der Waals surface area (Å²) < 4.78 is 19.4. The number of thiophene rings is 1. The van der Waals surface area contributed by atoms with Crippen molar-refractivity contribution in [1.82, 2.24) is 4.90 Å². The number of hydrogen-bond acceptors (Lipinski definition) is 4. The topological polar surface area (TPSA) is 58.6 Å². The van der Waals surface area contributed by atoms with Crippen LogP contribution in [0, 0.1) is 5.82 Å². The van der Waals surface area contributed by atoms with Crippen LogP contribution in [0.25, 0.3) is 0 Å². The Balaban J connectivity index is 1.72. The van der Waals surface area contributed by atoms with Crippen LogP contribution < -0.4 is 5.32 Å². The molecule has 2 aromatic rings. The molecule has 0 bridgehead atoms. The maximum atomic E-state index is 14.2. The highest BCUT2D eigenvalue weighted by atomic mass is 32.1. The first kappa shape index (κ1) is 15.6. The van der Waals surface area contributed by atoms with Gasteiger partial charge >= 0.3 is 0 Å². The number of carbonyl (C=O) groups is 2. The third-order valence-corrected chi connectivity index (χ3v) is 4.22. The zero-order valence-corrected chi connectivity index (χ0v) is 13.1. The predicted molar refractivity (Wildman–Crippen MR) is 85.4 cm³/mol. The number of rotatable bonds is 3. The molecule has 23 heavy (non-hydrogen) atoms. The van der Waals surface area contributed by atoms with Crippen LogP contribution in [0.5, 0.6) is 0 Å². The molecule has 0 atom stereocenters. The quantitative estimate of drug-likeness (QED) is 0.939. The number of benzene rings is 1. The Kier molecular flexibility index (Phi) is 4.68. The molecule has 2 amide bonds. The normalized spacial score (nSPS) is 14.6. The molecular formula is C16H15FN2O3S. The van der Waals surface area contributed by atoms with Crippen LogP contribution in [-0.4, -0.2) is 43.0 Å². The van der Waals surface area contributed by atoms with Gasteiger partial charge in [-0.2, -0.15) is 11.3 Å². The van der Waals surface area contributed by atoms with E-state index in [1.54, 1.807) is 21.7 Å². The summed E-state index contributed by atoms with van der Waals surface area (Å²) >= 11 is 1.41. The molecule has 1 fully saturated rings. The highest BCUT2D eigenvalue weighted by Crippen LogP contribution is 2.18. The van der Waals surface area contributed by atoms with Crippen LogP contribution in [0.15, 0.2) is 35.0 Å². The average Bonchev–Trinajstić information content (AvgIpc) is 3.10. The lowest BCUT2D eigenvalue weighted by molar-refractivity contribution is 0.0300. The zero-order valence-electron chi connectivity index (χ0n) is 12.3. The third kappa shape index (κ3) is 3.57. The smallest absolute Gasteiger partial charge is 0.256 e. The largest absolute Gasteiger partial charge is 0.378 e. The van der Waals surface area contributed by atoms with Crippen LogP contribution in [-0.2, 0) is 4.74 Å². The van der Waals surface area contributed by atoms with Crippen molar-refractivity contribution in [3.05, 3.63) is 52.0 Å². The highest BCUT2D eigenvalue weighted by molar-refractivity contribution is 7.08. The molecule has 0 aliphatic carbocycles. The van der Waals surface area contributed by atoms with Crippen molar-refractivity contribution < 1.29 is 18.7 Å². The van der Waals surface area contributed by atoms with Crippen LogP contribution >= 0.6 is 11.3 Å². The number of amides is 2. The number of halogens is 1. The number of morpholine rings is 1. The molecule has 7 heteroatoms. The molecule has 1 aliphatic heterocycles. The molecule has 0 unspecified atom stereocenters. The van der Waals surface area contributed by atoms with Crippen molar-refractivity contribution in [3.8, 4) is 0 Å². The molecule has 1 aliphatic rings. The lowest BCUT2D eigenvalue weighted by Gasteiger charge is -2.27. The van der Waals surface area contributed by atoms with E-state index in [1.807, 2.05) is 0 Å². The monoisotopic (exact) mass is 334 g/mol. The Morgan fingerprint density at radius 3 is 2.65 bits per heavy atom. The van der Waals surface area contributed by atoms with Gasteiger partial charge in [0.2, 0.25) is 0 Å². The summed E-state index contributed by atoms with van der Waals surface area (Å²) in [5.41, 5.74) is 0.835. The molecule has 1 aromatic carbocycles. The van der Waals surface area contributed by atoms with E-state index >= 15 is 0 Å². The first-order valence-corrected chi connectivity index (χ1v) is 8.09. The maximum Gasteiger partial charge on any atom is 0.256 e. The zero-order chi connectivity index (χ0) is 16.2. The Morgan fingerprint density at radius 2 is 2.00 bits per heavy atom. The number of ether oxygens (including phenoxy) is 1. The molecule has 5 nitrogen and oxygen atoms in total. The van der Waals surface area contributed by atoms with Gasteiger partial charge in [0.25, 0.3) is 11.8 Å². The van der Waals surface area contributed by atoms with Crippen molar-refractivity contribution >= 4 is 28.8 Å². The van der Waals surface area contributed by atoms with Crippen molar-refractivity contribution in [1.29, 1.82) is 0 Å². The van der Waals surface area contributed by atoms with Crippen LogP contribution in [0.3, 0.4) is 0 Å². The van der Waals surface area contributed by atoms with Crippen molar-refractivity contribution in [2.45, 2.75) is 0 Å². The molecule has 120 valence electrons. The minimum atomic E-state index is -0.649. The van der Waals surface area contributed by atoms with Crippen molar-refractivity contribution in [2.24, 2.45) is 0 Å². The summed E-state index contributed by atoms with van der Waals surface area (Å²) in [7, 11) is 0. The molecule has 3 rings (SSSR count). The summed E-state index contributed by atoms with van der Waals surface area (Å²) in [6.07, 6.45) is 0. The number of nitrogens with one attached hydrogen (secondary N) is 1. The van der Waals surface area contributed by atoms with E-state index in [0.717, 1.165) is 6.07 Å². The van der Waals surface area contributed by atoms with Gasteiger partial charge in [-0.1, -0.05) is 0 Å². The number of anilines is 1. The minimum absolute atomic E-state index is 0.000400. The molecule has 0 saturated carbocycles. The molecular weight excluding hydrogens is 319 g/mol. The summed E-state index contributed by atoms with van der Waals surface area (Å²) in [4.78, 5) is 25.8. The SMILES string of the molecule is O=C(Nc1ccc(C(=O)N2CCOCC2)c(F)c1)c1ccsc1. The van der Waals surface area contributed by atoms with E-state index in [2.05, 4.69) is 5.32 Å². The van der Waals surface area contributed by atoms with Crippen LogP contribution in [0.2, 0.25) is 0 Å². The molecule has 1 aromatic heterocycles. The van der Waals surface area contributed by atoms with Gasteiger partial charge in [-0.05, 0) is 29.6 Å². The van der Waals surface area contributed by atoms with Gasteiger partial charge in [-0.3, -0.25) is 9.59 Å². The Bertz CT molecular complexity index is 712. The van der Waals surface area contributed by atoms with E-state index in [4.69, 9.17) is 4.74 Å². The lowest BCUT2D eigenvalue weighted by atomic mass is 10.1. The van der Waals surface area contributed by atoms with E-state index < -0.39 is 5.82 Å². The summed E-state index contributed by atoms with van der Waals surface area (Å²) in [6.45, 7) is 1.83. The number of nitrogens with zero attached hydrogens (tertiary/aromatic N) is 1. The molecule has 1 N–H and O–H groups in total. The average molecular weight is 334 g/mol. The number of hydrogen-bond donors (Lipinski definition) is 1. The van der Waals surface area contributed by atoms with Gasteiger partial charge in [0.1, 0.15) is 5.82 Å². The molecule has 1 saturated heterocycles. The maximum absolute atomic E-state index is 14.2. The predicted octanol–water partition coefficient (Wildman–Crippen LogP) is 2.61. The summed E-state index contributed by atoms with van der Waals surface area (Å²) in [5.74, 6) is -1.32. The second-order valence-electron chi connectivity index (χ2n) is 5.07. The summed E-state index contributed by atoms with van der Waals surface area (Å²) in [5, 5.41) is 6.12. The Hall–Kier alpha value is -2.25. The molecule has 0 spiro atoms. The fourth-order valence-corrected chi connectivity index (χ4v) is 2.94. The summed E-state index contributed by atoms with van der Waals surface area (Å²) in [6, 6.07) is 5.78. The van der Waals surface area contributed by atoms with Crippen LogP contribution in [0.4, 0.5) is 10.1 Å². The third-order valence-electron chi connectivity index (χ3n) is 3.54. The van der Waals surface area contributed by atoms with Crippen molar-refractivity contribution in [3.63, 3.8) is 0 Å². The van der Waals surface area contributed by atoms with E-state index in [0.29, 0.717) is 37.6 Å². The second-order valence-corrected chi connectivity index (χ2v) is 5.85. The lowest BCUT2D eigenvalue weighted by Crippen LogP contribution is -2.41. The minimum Gasteiger partial charge on any atom is -0.378 e. The highest BCUT2D eigenvalue weighted by Gasteiger charge is 2.21. The van der Waals surface area contributed by atoms with Gasteiger partial charge in [0, 0.05) is 24.2 Å². The Labute approximate surface area is 136 Å². The molecule has 2 heterocycles. The first-order chi connectivity index (χ1) is 11.1. The Morgan fingerprint density at radius 1 is 1.22 bits per heavy atom. The van der Waals surface area contributed by atoms with Gasteiger partial charge in [0.05, 0.1) is 24.3 Å². The van der Waals surface area contributed by atoms with E-state index in [1.165, 1.54) is 23.5 Å². The standard InChI is InChI=1S/C16H15FN2O3S/c17-14-9-12(18-15(20)11-3-8-23-10-11)1-2-13(14)16(21)19-4-6-22-7-5-19/h1-3,8-10H,4-7H2,(H,18,20). The van der Waals surface area contributed by atoms with Gasteiger partial charge < -0.3 is 15.0 Å². The second kappa shape index (κ2) is 6.89. The fourth-order valence-electron chi connectivity index (χ4n) is 2.30. The first-order valence-electron chi connectivity index (χ1n) is 7.15. The van der Waals surface area contributed by atoms with Gasteiger partial charge in [-0.15, -0.1) is 0 Å². The molecule has 0 radical (unpaired) electrons. The van der Waals surface area contributed by atoms with Gasteiger partial charge in [-0.25, -0.2) is 4.39 Å². The van der Waals surface area contributed by atoms with Crippen molar-refractivity contribution in [2.75, 3.05) is 31.6 Å².